The summed E-state index contributed by atoms with van der Waals surface area (Å²) >= 11 is 0. The Morgan fingerprint density at radius 2 is 1.84 bits per heavy atom. The van der Waals surface area contributed by atoms with Gasteiger partial charge in [-0.25, -0.2) is 4.68 Å². The van der Waals surface area contributed by atoms with Crippen molar-refractivity contribution in [2.75, 3.05) is 0 Å². The first-order chi connectivity index (χ1) is 9.35. The number of benzene rings is 1. The maximum Gasteiger partial charge on any atom is 0.0826 e. The molecule has 2 aromatic heterocycles. The van der Waals surface area contributed by atoms with Gasteiger partial charge in [-0.15, -0.1) is 0 Å². The predicted molar refractivity (Wildman–Crippen MR) is 73.0 cm³/mol. The molecule has 0 aliphatic rings. The van der Waals surface area contributed by atoms with Crippen LogP contribution in [0.25, 0.3) is 5.69 Å². The molecular weight excluding hydrogens is 238 g/mol. The third-order valence-corrected chi connectivity index (χ3v) is 3.00. The van der Waals surface area contributed by atoms with E-state index in [0.717, 1.165) is 16.9 Å². The molecule has 0 spiro atoms. The maximum atomic E-state index is 9.04. The molecule has 19 heavy (non-hydrogen) atoms. The Morgan fingerprint density at radius 1 is 1.00 bits per heavy atom. The Balaban J connectivity index is 1.78. The van der Waals surface area contributed by atoms with Crippen LogP contribution < -0.4 is 0 Å². The first-order valence-electron chi connectivity index (χ1n) is 6.20. The van der Waals surface area contributed by atoms with Gasteiger partial charge in [-0.1, -0.05) is 18.2 Å². The highest BCUT2D eigenvalue weighted by Crippen LogP contribution is 2.09. The van der Waals surface area contributed by atoms with E-state index < -0.39 is 0 Å². The lowest BCUT2D eigenvalue weighted by molar-refractivity contribution is 0.282. The molecule has 3 rings (SSSR count). The number of rotatable bonds is 4. The van der Waals surface area contributed by atoms with Crippen molar-refractivity contribution in [1.82, 2.24) is 14.3 Å². The molecule has 4 heteroatoms. The normalized spacial score (nSPS) is 10.8. The summed E-state index contributed by atoms with van der Waals surface area (Å²) in [5.74, 6) is 0. The van der Waals surface area contributed by atoms with Crippen molar-refractivity contribution in [1.29, 1.82) is 0 Å². The lowest BCUT2D eigenvalue weighted by Gasteiger charge is -2.01. The van der Waals surface area contributed by atoms with E-state index in [2.05, 4.69) is 5.10 Å². The molecule has 0 saturated carbocycles. The molecule has 0 atom stereocenters. The maximum absolute atomic E-state index is 9.04. The third kappa shape index (κ3) is 2.58. The molecular formula is C15H15N3O. The summed E-state index contributed by atoms with van der Waals surface area (Å²) in [5, 5.41) is 13.6. The van der Waals surface area contributed by atoms with Crippen molar-refractivity contribution in [2.45, 2.75) is 13.2 Å². The monoisotopic (exact) mass is 253 g/mol. The minimum Gasteiger partial charge on any atom is -0.392 e. The Labute approximate surface area is 111 Å². The van der Waals surface area contributed by atoms with Gasteiger partial charge in [0.15, 0.2) is 0 Å². The second kappa shape index (κ2) is 5.12. The molecule has 0 fully saturated rings. The van der Waals surface area contributed by atoms with Crippen LogP contribution in [0.15, 0.2) is 61.1 Å². The zero-order valence-electron chi connectivity index (χ0n) is 10.5. The highest BCUT2D eigenvalue weighted by Gasteiger charge is 2.02. The molecule has 0 amide bonds. The highest BCUT2D eigenvalue weighted by atomic mass is 16.3. The molecule has 0 aliphatic carbocycles. The topological polar surface area (TPSA) is 43.0 Å². The molecule has 0 saturated heterocycles. The quantitative estimate of drug-likeness (QED) is 0.774. The summed E-state index contributed by atoms with van der Waals surface area (Å²) < 4.78 is 3.88. The van der Waals surface area contributed by atoms with Crippen molar-refractivity contribution in [3.8, 4) is 5.69 Å². The highest BCUT2D eigenvalue weighted by molar-refractivity contribution is 5.30. The van der Waals surface area contributed by atoms with Crippen LogP contribution >= 0.6 is 0 Å². The Hall–Kier alpha value is -2.33. The van der Waals surface area contributed by atoms with Gasteiger partial charge >= 0.3 is 0 Å². The van der Waals surface area contributed by atoms with Crippen LogP contribution in [0.3, 0.4) is 0 Å². The van der Waals surface area contributed by atoms with Gasteiger partial charge in [0.1, 0.15) is 0 Å². The molecule has 4 nitrogen and oxygen atoms in total. The molecule has 0 aliphatic heterocycles. The van der Waals surface area contributed by atoms with Crippen LogP contribution in [-0.4, -0.2) is 19.5 Å². The van der Waals surface area contributed by atoms with Gasteiger partial charge in [-0.05, 0) is 29.8 Å². The van der Waals surface area contributed by atoms with Gasteiger partial charge in [-0.2, -0.15) is 5.10 Å². The van der Waals surface area contributed by atoms with E-state index in [-0.39, 0.29) is 6.61 Å². The van der Waals surface area contributed by atoms with E-state index in [4.69, 9.17) is 5.11 Å². The predicted octanol–water partition coefficient (Wildman–Crippen LogP) is 2.21. The van der Waals surface area contributed by atoms with Gasteiger partial charge in [0, 0.05) is 18.6 Å². The summed E-state index contributed by atoms with van der Waals surface area (Å²) in [7, 11) is 0. The summed E-state index contributed by atoms with van der Waals surface area (Å²) in [6.07, 6.45) is 5.84. The number of nitrogens with zero attached hydrogens (tertiary/aromatic N) is 3. The standard InChI is InChI=1S/C15H15N3O/c19-12-13-6-8-17(10-13)11-14-7-9-18(16-14)15-4-2-1-3-5-15/h1-10,19H,11-12H2. The van der Waals surface area contributed by atoms with Gasteiger partial charge < -0.3 is 9.67 Å². The fourth-order valence-corrected chi connectivity index (χ4v) is 2.04. The van der Waals surface area contributed by atoms with Crippen LogP contribution in [0.4, 0.5) is 0 Å². The van der Waals surface area contributed by atoms with Gasteiger partial charge in [0.2, 0.25) is 0 Å². The van der Waals surface area contributed by atoms with E-state index in [1.807, 2.05) is 70.3 Å². The Morgan fingerprint density at radius 3 is 2.58 bits per heavy atom. The van der Waals surface area contributed by atoms with E-state index >= 15 is 0 Å². The average Bonchev–Trinajstić information content (AvgIpc) is 3.09. The fraction of sp³-hybridized carbons (Fsp3) is 0.133. The van der Waals surface area contributed by atoms with Gasteiger partial charge in [0.05, 0.1) is 24.5 Å². The minimum atomic E-state index is 0.0749. The first-order valence-corrected chi connectivity index (χ1v) is 6.20. The van der Waals surface area contributed by atoms with Crippen molar-refractivity contribution >= 4 is 0 Å². The van der Waals surface area contributed by atoms with Crippen molar-refractivity contribution in [3.05, 3.63) is 72.3 Å². The molecule has 1 aromatic carbocycles. The minimum absolute atomic E-state index is 0.0749. The van der Waals surface area contributed by atoms with E-state index in [9.17, 15) is 0 Å². The zero-order valence-corrected chi connectivity index (χ0v) is 10.5. The van der Waals surface area contributed by atoms with E-state index in [1.54, 1.807) is 0 Å². The Kier molecular flexibility index (Phi) is 3.16. The van der Waals surface area contributed by atoms with Crippen LogP contribution in [0.1, 0.15) is 11.3 Å². The molecule has 2 heterocycles. The summed E-state index contributed by atoms with van der Waals surface area (Å²) in [6.45, 7) is 0.783. The van der Waals surface area contributed by atoms with E-state index in [1.165, 1.54) is 0 Å². The van der Waals surface area contributed by atoms with Crippen molar-refractivity contribution < 1.29 is 5.11 Å². The van der Waals surface area contributed by atoms with Crippen LogP contribution in [0.5, 0.6) is 0 Å². The van der Waals surface area contributed by atoms with Gasteiger partial charge in [0.25, 0.3) is 0 Å². The largest absolute Gasteiger partial charge is 0.392 e. The number of aliphatic hydroxyl groups is 1. The number of para-hydroxylation sites is 1. The number of aliphatic hydroxyl groups excluding tert-OH is 1. The molecule has 3 aromatic rings. The van der Waals surface area contributed by atoms with Gasteiger partial charge in [-0.3, -0.25) is 0 Å². The zero-order chi connectivity index (χ0) is 13.1. The SMILES string of the molecule is OCc1ccn(Cc2ccn(-c3ccccc3)n2)c1. The number of hydrogen-bond donors (Lipinski definition) is 1. The molecule has 1 N–H and O–H groups in total. The average molecular weight is 253 g/mol. The smallest absolute Gasteiger partial charge is 0.0826 e. The number of aromatic nitrogens is 3. The Bertz CT molecular complexity index is 655. The lowest BCUT2D eigenvalue weighted by atomic mass is 10.3. The second-order valence-electron chi connectivity index (χ2n) is 4.44. The summed E-state index contributed by atoms with van der Waals surface area (Å²) in [6, 6.07) is 13.9. The molecule has 96 valence electrons. The van der Waals surface area contributed by atoms with Crippen molar-refractivity contribution in [2.24, 2.45) is 0 Å². The molecule has 0 unspecified atom stereocenters. The van der Waals surface area contributed by atoms with Crippen molar-refractivity contribution in [3.63, 3.8) is 0 Å². The lowest BCUT2D eigenvalue weighted by Crippen LogP contribution is -2.00. The van der Waals surface area contributed by atoms with E-state index in [0.29, 0.717) is 6.54 Å². The van der Waals surface area contributed by atoms with Crippen LogP contribution in [0, 0.1) is 0 Å². The van der Waals surface area contributed by atoms with Crippen LogP contribution in [0.2, 0.25) is 0 Å². The molecule has 0 bridgehead atoms. The molecule has 0 radical (unpaired) electrons. The summed E-state index contributed by atoms with van der Waals surface area (Å²) in [5.41, 5.74) is 2.96. The first kappa shape index (κ1) is 11.7. The second-order valence-corrected chi connectivity index (χ2v) is 4.44. The third-order valence-electron chi connectivity index (χ3n) is 3.00. The fourth-order valence-electron chi connectivity index (χ4n) is 2.04. The summed E-state index contributed by atoms with van der Waals surface area (Å²) in [4.78, 5) is 0. The van der Waals surface area contributed by atoms with Crippen LogP contribution in [-0.2, 0) is 13.2 Å². The number of hydrogen-bond acceptors (Lipinski definition) is 2.